The van der Waals surface area contributed by atoms with E-state index < -0.39 is 0 Å². The van der Waals surface area contributed by atoms with E-state index in [9.17, 15) is 10.5 Å². The molecule has 0 amide bonds. The normalized spacial score (nSPS) is 10.7. The second-order valence-electron chi connectivity index (χ2n) is 7.65. The first kappa shape index (κ1) is 23.6. The van der Waals surface area contributed by atoms with Crippen LogP contribution in [-0.4, -0.2) is 16.9 Å². The quantitative estimate of drug-likeness (QED) is 0.380. The summed E-state index contributed by atoms with van der Waals surface area (Å²) in [5.74, 6) is 1.15. The minimum Gasteiger partial charge on any atom is -0.493 e. The highest BCUT2D eigenvalue weighted by Crippen LogP contribution is 2.32. The highest BCUT2D eigenvalue weighted by Gasteiger charge is 2.20. The summed E-state index contributed by atoms with van der Waals surface area (Å²) in [6.07, 6.45) is 1.62. The zero-order valence-corrected chi connectivity index (χ0v) is 19.3. The number of rotatable bonds is 7. The second kappa shape index (κ2) is 10.6. The van der Waals surface area contributed by atoms with Crippen molar-refractivity contribution in [2.45, 2.75) is 6.61 Å². The zero-order valence-electron chi connectivity index (χ0n) is 19.3. The Morgan fingerprint density at radius 2 is 1.72 bits per heavy atom. The summed E-state index contributed by atoms with van der Waals surface area (Å²) in [6, 6.07) is 27.8. The van der Waals surface area contributed by atoms with Gasteiger partial charge in [-0.15, -0.1) is 0 Å². The Labute approximate surface area is 208 Å². The molecule has 3 aromatic carbocycles. The van der Waals surface area contributed by atoms with Gasteiger partial charge < -0.3 is 15.2 Å². The van der Waals surface area contributed by atoms with Gasteiger partial charge in [-0.3, -0.25) is 0 Å². The van der Waals surface area contributed by atoms with E-state index in [2.05, 4.69) is 23.3 Å². The van der Waals surface area contributed by atoms with Crippen LogP contribution in [0.25, 0.3) is 17.3 Å². The lowest BCUT2D eigenvalue weighted by molar-refractivity contribution is 0.284. The van der Waals surface area contributed by atoms with Gasteiger partial charge in [0.1, 0.15) is 35.8 Å². The zero-order chi connectivity index (χ0) is 25.5. The molecule has 0 radical (unpaired) electrons. The van der Waals surface area contributed by atoms with Gasteiger partial charge in [-0.2, -0.15) is 20.9 Å². The summed E-state index contributed by atoms with van der Waals surface area (Å²) in [4.78, 5) is 0. The van der Waals surface area contributed by atoms with Gasteiger partial charge in [0.25, 0.3) is 0 Å². The lowest BCUT2D eigenvalue weighted by Gasteiger charge is -2.11. The SMILES string of the molecule is COc1cc(/C=C(\C#N)c2nn(-c3ccccc3)c(N)c2C#N)ccc1OCc1ccc(C#N)cc1. The monoisotopic (exact) mass is 472 g/mol. The Hall–Kier alpha value is -5.52. The number of hydrogen-bond acceptors (Lipinski definition) is 7. The summed E-state index contributed by atoms with van der Waals surface area (Å²) < 4.78 is 12.8. The third-order valence-corrected chi connectivity index (χ3v) is 5.39. The first-order chi connectivity index (χ1) is 17.6. The van der Waals surface area contributed by atoms with E-state index in [0.29, 0.717) is 34.9 Å². The van der Waals surface area contributed by atoms with Crippen molar-refractivity contribution >= 4 is 17.5 Å². The molecule has 0 saturated carbocycles. The predicted octanol–water partition coefficient (Wildman–Crippen LogP) is 4.85. The largest absolute Gasteiger partial charge is 0.493 e. The van der Waals surface area contributed by atoms with Crippen molar-refractivity contribution in [2.24, 2.45) is 0 Å². The van der Waals surface area contributed by atoms with Crippen LogP contribution in [0.15, 0.2) is 72.8 Å². The maximum absolute atomic E-state index is 9.87. The predicted molar refractivity (Wildman–Crippen MR) is 135 cm³/mol. The number of methoxy groups -OCH3 is 1. The van der Waals surface area contributed by atoms with Crippen LogP contribution >= 0.6 is 0 Å². The lowest BCUT2D eigenvalue weighted by atomic mass is 10.1. The molecule has 4 rings (SSSR count). The molecule has 8 heteroatoms. The molecule has 174 valence electrons. The van der Waals surface area contributed by atoms with E-state index in [4.69, 9.17) is 20.5 Å². The number of para-hydroxylation sites is 1. The van der Waals surface area contributed by atoms with Crippen LogP contribution in [0.5, 0.6) is 11.5 Å². The molecule has 4 aromatic rings. The second-order valence-corrected chi connectivity index (χ2v) is 7.65. The first-order valence-corrected chi connectivity index (χ1v) is 10.8. The average molecular weight is 473 g/mol. The molecule has 1 heterocycles. The number of nitrogens with two attached hydrogens (primary N) is 1. The van der Waals surface area contributed by atoms with Gasteiger partial charge in [0.2, 0.25) is 0 Å². The smallest absolute Gasteiger partial charge is 0.161 e. The molecule has 0 fully saturated rings. The fourth-order valence-corrected chi connectivity index (χ4v) is 3.55. The van der Waals surface area contributed by atoms with Gasteiger partial charge >= 0.3 is 0 Å². The molecule has 0 aliphatic heterocycles. The molecule has 2 N–H and O–H groups in total. The van der Waals surface area contributed by atoms with E-state index in [1.165, 1.54) is 11.8 Å². The molecule has 0 saturated heterocycles. The number of allylic oxidation sites excluding steroid dienone is 1. The lowest BCUT2D eigenvalue weighted by Crippen LogP contribution is -2.02. The number of anilines is 1. The summed E-state index contributed by atoms with van der Waals surface area (Å²) >= 11 is 0. The van der Waals surface area contributed by atoms with E-state index >= 15 is 0 Å². The van der Waals surface area contributed by atoms with Crippen LogP contribution in [0.1, 0.15) is 27.9 Å². The third-order valence-electron chi connectivity index (χ3n) is 5.39. The third kappa shape index (κ3) is 4.87. The summed E-state index contributed by atoms with van der Waals surface area (Å²) in [5.41, 5.74) is 9.51. The first-order valence-electron chi connectivity index (χ1n) is 10.8. The molecule has 0 bridgehead atoms. The van der Waals surface area contributed by atoms with Gasteiger partial charge in [-0.25, -0.2) is 4.68 Å². The van der Waals surface area contributed by atoms with Gasteiger partial charge in [0.15, 0.2) is 11.5 Å². The van der Waals surface area contributed by atoms with Crippen molar-refractivity contribution in [1.29, 1.82) is 15.8 Å². The van der Waals surface area contributed by atoms with Crippen molar-refractivity contribution in [1.82, 2.24) is 9.78 Å². The molecule has 0 spiro atoms. The Morgan fingerprint density at radius 1 is 0.972 bits per heavy atom. The highest BCUT2D eigenvalue weighted by atomic mass is 16.5. The average Bonchev–Trinajstić information content (AvgIpc) is 3.27. The van der Waals surface area contributed by atoms with Crippen LogP contribution in [0.3, 0.4) is 0 Å². The fraction of sp³-hybridized carbons (Fsp3) is 0.0714. The summed E-state index contributed by atoms with van der Waals surface area (Å²) in [6.45, 7) is 0.294. The summed E-state index contributed by atoms with van der Waals surface area (Å²) in [5, 5.41) is 33.0. The van der Waals surface area contributed by atoms with E-state index in [1.54, 1.807) is 36.4 Å². The highest BCUT2D eigenvalue weighted by molar-refractivity contribution is 5.91. The van der Waals surface area contributed by atoms with E-state index in [-0.39, 0.29) is 22.6 Å². The Kier molecular flexibility index (Phi) is 6.96. The minimum absolute atomic E-state index is 0.126. The van der Waals surface area contributed by atoms with Crippen LogP contribution in [0.4, 0.5) is 5.82 Å². The molecule has 36 heavy (non-hydrogen) atoms. The van der Waals surface area contributed by atoms with Gasteiger partial charge in [0, 0.05) is 0 Å². The van der Waals surface area contributed by atoms with Gasteiger partial charge in [0.05, 0.1) is 30.0 Å². The van der Waals surface area contributed by atoms with Crippen molar-refractivity contribution < 1.29 is 9.47 Å². The number of aromatic nitrogens is 2. The van der Waals surface area contributed by atoms with Crippen LogP contribution < -0.4 is 15.2 Å². The number of nitrogens with zero attached hydrogens (tertiary/aromatic N) is 5. The Morgan fingerprint density at radius 3 is 2.36 bits per heavy atom. The number of benzene rings is 3. The number of ether oxygens (including phenoxy) is 2. The van der Waals surface area contributed by atoms with Crippen LogP contribution in [-0.2, 0) is 6.61 Å². The molecule has 0 unspecified atom stereocenters. The number of hydrogen-bond donors (Lipinski definition) is 1. The fourth-order valence-electron chi connectivity index (χ4n) is 3.55. The molecular weight excluding hydrogens is 452 g/mol. The van der Waals surface area contributed by atoms with Gasteiger partial charge in [-0.05, 0) is 53.6 Å². The Balaban J connectivity index is 1.63. The molecule has 8 nitrogen and oxygen atoms in total. The Bertz CT molecular complexity index is 1550. The standard InChI is InChI=1S/C28H20N6O2/c1-35-26-14-21(11-12-25(26)36-18-20-9-7-19(15-29)8-10-20)13-22(16-30)27-24(17-31)28(32)34(33-27)23-5-3-2-4-6-23/h2-14H,18,32H2,1H3/b22-13+. The minimum atomic E-state index is 0.126. The maximum Gasteiger partial charge on any atom is 0.161 e. The molecule has 1 aromatic heterocycles. The van der Waals surface area contributed by atoms with Crippen molar-refractivity contribution in [3.05, 3.63) is 101 Å². The van der Waals surface area contributed by atoms with Crippen LogP contribution in [0.2, 0.25) is 0 Å². The maximum atomic E-state index is 9.87. The molecule has 0 atom stereocenters. The van der Waals surface area contributed by atoms with Crippen molar-refractivity contribution in [2.75, 3.05) is 12.8 Å². The van der Waals surface area contributed by atoms with E-state index in [1.807, 2.05) is 42.5 Å². The number of nitrogen functional groups attached to an aromatic ring is 1. The van der Waals surface area contributed by atoms with E-state index in [0.717, 1.165) is 5.56 Å². The molecule has 0 aliphatic rings. The van der Waals surface area contributed by atoms with Crippen molar-refractivity contribution in [3.8, 4) is 35.4 Å². The molecular formula is C28H20N6O2. The summed E-state index contributed by atoms with van der Waals surface area (Å²) in [7, 11) is 1.53. The van der Waals surface area contributed by atoms with Gasteiger partial charge in [-0.1, -0.05) is 36.4 Å². The van der Waals surface area contributed by atoms with Crippen molar-refractivity contribution in [3.63, 3.8) is 0 Å². The topological polar surface area (TPSA) is 134 Å². The van der Waals surface area contributed by atoms with Crippen LogP contribution in [0, 0.1) is 34.0 Å². The molecule has 0 aliphatic carbocycles. The number of nitriles is 3.